The zero-order valence-corrected chi connectivity index (χ0v) is 33.6. The molecule has 2 aliphatic rings. The fourth-order valence-electron chi connectivity index (χ4n) is 8.81. The summed E-state index contributed by atoms with van der Waals surface area (Å²) in [5, 5.41) is 0. The lowest BCUT2D eigenvalue weighted by atomic mass is 10.0. The SMILES string of the molecule is Cc1cc2c(cc1-c1c[n+](C(C)C)c(C)n1C)-n1c(nc3ccccc31)C2.[2H]C([2H])([2H])c1n(C)c(-c2cc3c(cc2C)Cc2nc4c(C)cccc4n2-3)c[n+]1C([2H])(C)C. The van der Waals surface area contributed by atoms with Crippen molar-refractivity contribution in [2.24, 2.45) is 14.1 Å². The third-order valence-electron chi connectivity index (χ3n) is 11.8. The van der Waals surface area contributed by atoms with Gasteiger partial charge < -0.3 is 0 Å². The smallest absolute Gasteiger partial charge is 0.253 e. The largest absolute Gasteiger partial charge is 0.296 e. The minimum absolute atomic E-state index is 0.150. The van der Waals surface area contributed by atoms with Crippen LogP contribution in [0.2, 0.25) is 0 Å². The summed E-state index contributed by atoms with van der Waals surface area (Å²) in [5.74, 6) is 3.59. The molecule has 0 aliphatic carbocycles. The van der Waals surface area contributed by atoms with Crippen LogP contribution >= 0.6 is 0 Å². The fraction of sp³-hybridized carbons (Fsp3) is 0.319. The summed E-state index contributed by atoms with van der Waals surface area (Å²) in [6.45, 7) is 14.1. The van der Waals surface area contributed by atoms with Crippen LogP contribution in [0.15, 0.2) is 79.1 Å². The van der Waals surface area contributed by atoms with Crippen molar-refractivity contribution in [1.29, 1.82) is 0 Å². The predicted octanol–water partition coefficient (Wildman–Crippen LogP) is 9.15. The Balaban J connectivity index is 0.000000154. The summed E-state index contributed by atoms with van der Waals surface area (Å²) in [7, 11) is 3.93. The molecule has 0 N–H and O–H groups in total. The van der Waals surface area contributed by atoms with Gasteiger partial charge in [-0.1, -0.05) is 36.4 Å². The highest BCUT2D eigenvalue weighted by molar-refractivity contribution is 5.84. The van der Waals surface area contributed by atoms with E-state index in [1.807, 2.05) is 0 Å². The van der Waals surface area contributed by atoms with E-state index in [2.05, 4.69) is 140 Å². The van der Waals surface area contributed by atoms with Crippen LogP contribution < -0.4 is 9.13 Å². The molecule has 0 fully saturated rings. The highest BCUT2D eigenvalue weighted by Gasteiger charge is 2.29. The molecule has 55 heavy (non-hydrogen) atoms. The number of fused-ring (bicyclic) bond motifs is 10. The molecule has 4 aromatic heterocycles. The minimum atomic E-state index is -2.33. The molecular weight excluding hydrogens is 677 g/mol. The van der Waals surface area contributed by atoms with E-state index >= 15 is 0 Å². The number of para-hydroxylation sites is 3. The molecule has 8 aromatic rings. The molecular formula is C47H52N8+2. The van der Waals surface area contributed by atoms with Crippen LogP contribution in [-0.4, -0.2) is 28.2 Å². The van der Waals surface area contributed by atoms with Gasteiger partial charge in [0.15, 0.2) is 11.4 Å². The van der Waals surface area contributed by atoms with E-state index < -0.39 is 12.9 Å². The third-order valence-corrected chi connectivity index (χ3v) is 11.8. The Kier molecular flexibility index (Phi) is 7.03. The Morgan fingerprint density at radius 1 is 0.655 bits per heavy atom. The quantitative estimate of drug-likeness (QED) is 0.170. The standard InChI is InChI=1S/C24H27N4.C23H25N4/c1-14(2)27-13-22(26(6)17(27)5)19-12-21-18(10-16(19)4)11-23-25-24-15(3)8-7-9-20(24)28(21)23;1-14(2)26-13-22(25(5)16(26)4)18-12-21-17(10-15(18)3)11-23-24-19-8-6-7-9-20(19)27(21)23/h7-10,12-14H,11H2,1-6H3;6-10,12-14H,11H2,1-5H3/q2*+1/i5D3,14D;. The number of aromatic nitrogens is 8. The molecule has 8 heteroatoms. The van der Waals surface area contributed by atoms with Crippen molar-refractivity contribution in [2.75, 3.05) is 0 Å². The lowest BCUT2D eigenvalue weighted by molar-refractivity contribution is -0.721. The van der Waals surface area contributed by atoms with Gasteiger partial charge >= 0.3 is 0 Å². The highest BCUT2D eigenvalue weighted by atomic mass is 15.2. The number of imidazole rings is 4. The number of hydrogen-bond donors (Lipinski definition) is 0. The van der Waals surface area contributed by atoms with Crippen LogP contribution in [0.4, 0.5) is 0 Å². The monoisotopic (exact) mass is 732 g/mol. The van der Waals surface area contributed by atoms with Crippen molar-refractivity contribution in [3.8, 4) is 33.9 Å². The highest BCUT2D eigenvalue weighted by Crippen LogP contribution is 2.39. The lowest BCUT2D eigenvalue weighted by Crippen LogP contribution is -2.37. The van der Waals surface area contributed by atoms with Crippen molar-refractivity contribution in [2.45, 2.75) is 87.1 Å². The zero-order chi connectivity index (χ0) is 42.0. The predicted molar refractivity (Wildman–Crippen MR) is 221 cm³/mol. The average Bonchev–Trinajstić information content (AvgIpc) is 3.99. The van der Waals surface area contributed by atoms with Gasteiger partial charge in [-0.15, -0.1) is 0 Å². The van der Waals surface area contributed by atoms with Crippen molar-refractivity contribution < 1.29 is 14.6 Å². The van der Waals surface area contributed by atoms with E-state index in [0.29, 0.717) is 6.04 Å². The molecule has 2 aliphatic heterocycles. The van der Waals surface area contributed by atoms with Crippen LogP contribution in [0.25, 0.3) is 56.0 Å². The van der Waals surface area contributed by atoms with Gasteiger partial charge in [0.1, 0.15) is 24.0 Å². The number of benzene rings is 4. The fourth-order valence-corrected chi connectivity index (χ4v) is 8.81. The summed E-state index contributed by atoms with van der Waals surface area (Å²) in [6.07, 6.45) is 5.77. The molecule has 0 unspecified atom stereocenters. The molecule has 6 heterocycles. The second-order valence-corrected chi connectivity index (χ2v) is 15.9. The van der Waals surface area contributed by atoms with E-state index in [9.17, 15) is 0 Å². The topological polar surface area (TPSA) is 53.3 Å². The molecule has 4 aromatic carbocycles. The second-order valence-electron chi connectivity index (χ2n) is 15.9. The minimum Gasteiger partial charge on any atom is -0.296 e. The van der Waals surface area contributed by atoms with Gasteiger partial charge in [-0.05, 0) is 107 Å². The Morgan fingerprint density at radius 2 is 1.22 bits per heavy atom. The zero-order valence-electron chi connectivity index (χ0n) is 37.6. The van der Waals surface area contributed by atoms with Gasteiger partial charge in [-0.25, -0.2) is 28.2 Å². The Labute approximate surface area is 329 Å². The van der Waals surface area contributed by atoms with Gasteiger partial charge in [0, 0.05) is 41.9 Å². The molecule has 0 bridgehead atoms. The van der Waals surface area contributed by atoms with Crippen molar-refractivity contribution in [1.82, 2.24) is 28.2 Å². The van der Waals surface area contributed by atoms with Crippen LogP contribution in [0, 0.1) is 34.5 Å². The Bertz CT molecular complexity index is 3020. The molecule has 0 saturated heterocycles. The first-order valence-electron chi connectivity index (χ1n) is 21.2. The summed E-state index contributed by atoms with van der Waals surface area (Å²) in [5.41, 5.74) is 17.2. The van der Waals surface area contributed by atoms with E-state index in [1.165, 1.54) is 45.0 Å². The maximum absolute atomic E-state index is 8.52. The number of nitrogens with zero attached hydrogens (tertiary/aromatic N) is 8. The molecule has 0 saturated carbocycles. The van der Waals surface area contributed by atoms with Gasteiger partial charge in [0.25, 0.3) is 11.6 Å². The summed E-state index contributed by atoms with van der Waals surface area (Å²) >= 11 is 0. The van der Waals surface area contributed by atoms with Crippen molar-refractivity contribution in [3.05, 3.63) is 130 Å². The number of aryl methyl sites for hydroxylation is 3. The molecule has 0 atom stereocenters. The summed E-state index contributed by atoms with van der Waals surface area (Å²) in [6, 6.07) is 23.0. The van der Waals surface area contributed by atoms with E-state index in [-0.39, 0.29) is 5.82 Å². The second kappa shape index (κ2) is 12.7. The van der Waals surface area contributed by atoms with Crippen LogP contribution in [0.1, 0.15) is 96.4 Å². The van der Waals surface area contributed by atoms with E-state index in [1.54, 1.807) is 36.2 Å². The molecule has 0 radical (unpaired) electrons. The maximum atomic E-state index is 8.52. The maximum Gasteiger partial charge on any atom is 0.253 e. The number of rotatable bonds is 4. The summed E-state index contributed by atoms with van der Waals surface area (Å²) in [4.78, 5) is 9.75. The number of hydrogen-bond acceptors (Lipinski definition) is 2. The molecule has 278 valence electrons. The van der Waals surface area contributed by atoms with Gasteiger partial charge in [0.2, 0.25) is 0 Å². The van der Waals surface area contributed by atoms with Crippen LogP contribution in [0.3, 0.4) is 0 Å². The average molecular weight is 733 g/mol. The van der Waals surface area contributed by atoms with Crippen LogP contribution in [-0.2, 0) is 26.9 Å². The Hall–Kier alpha value is -5.76. The van der Waals surface area contributed by atoms with E-state index in [4.69, 9.17) is 15.5 Å². The summed E-state index contributed by atoms with van der Waals surface area (Å²) < 4.78 is 45.2. The Morgan fingerprint density at radius 3 is 1.80 bits per heavy atom. The molecule has 8 nitrogen and oxygen atoms in total. The first kappa shape index (κ1) is 30.6. The van der Waals surface area contributed by atoms with Crippen molar-refractivity contribution in [3.63, 3.8) is 0 Å². The van der Waals surface area contributed by atoms with Crippen LogP contribution in [0.5, 0.6) is 0 Å². The van der Waals surface area contributed by atoms with Crippen molar-refractivity contribution >= 4 is 22.1 Å². The van der Waals surface area contributed by atoms with Gasteiger partial charge in [-0.2, -0.15) is 0 Å². The first-order chi connectivity index (χ1) is 27.8. The van der Waals surface area contributed by atoms with E-state index in [0.717, 1.165) is 69.1 Å². The third kappa shape index (κ3) is 5.32. The first-order valence-corrected chi connectivity index (χ1v) is 19.2. The normalized spacial score (nSPS) is 14.3. The molecule has 0 spiro atoms. The lowest BCUT2D eigenvalue weighted by Gasteiger charge is -2.10. The van der Waals surface area contributed by atoms with Gasteiger partial charge in [-0.3, -0.25) is 9.13 Å². The molecule has 10 rings (SSSR count). The van der Waals surface area contributed by atoms with Gasteiger partial charge in [0.05, 0.1) is 61.0 Å². The molecule has 0 amide bonds.